The predicted molar refractivity (Wildman–Crippen MR) is 125 cm³/mol. The second-order valence-corrected chi connectivity index (χ2v) is 8.56. The van der Waals surface area contributed by atoms with E-state index in [2.05, 4.69) is 17.0 Å². The lowest BCUT2D eigenvalue weighted by molar-refractivity contribution is 0.237. The van der Waals surface area contributed by atoms with Gasteiger partial charge in [-0.2, -0.15) is 0 Å². The van der Waals surface area contributed by atoms with Crippen molar-refractivity contribution in [3.05, 3.63) is 95.0 Å². The molecule has 31 heavy (non-hydrogen) atoms. The van der Waals surface area contributed by atoms with Gasteiger partial charge in [0.15, 0.2) is 0 Å². The van der Waals surface area contributed by atoms with Gasteiger partial charge in [-0.25, -0.2) is 0 Å². The summed E-state index contributed by atoms with van der Waals surface area (Å²) in [5.74, 6) is -0.126. The topological polar surface area (TPSA) is 32.7 Å². The van der Waals surface area contributed by atoms with Crippen molar-refractivity contribution < 1.29 is 15.3 Å². The molecule has 0 amide bonds. The quantitative estimate of drug-likeness (QED) is 0.556. The molecular formula is C28H31NO2. The maximum absolute atomic E-state index is 10.1. The third kappa shape index (κ3) is 4.47. The first-order valence-electron chi connectivity index (χ1n) is 13.3. The van der Waals surface area contributed by atoms with Crippen LogP contribution in [0.4, 0.5) is 0 Å². The van der Waals surface area contributed by atoms with Crippen molar-refractivity contribution in [2.45, 2.75) is 37.5 Å². The molecule has 2 atom stereocenters. The van der Waals surface area contributed by atoms with Crippen LogP contribution in [0.1, 0.15) is 58.8 Å². The van der Waals surface area contributed by atoms with Gasteiger partial charge < -0.3 is 9.84 Å². The van der Waals surface area contributed by atoms with Crippen molar-refractivity contribution in [1.29, 1.82) is 0 Å². The molecule has 0 saturated carbocycles. The van der Waals surface area contributed by atoms with Crippen LogP contribution in [0.5, 0.6) is 11.5 Å². The number of hydrogen-bond donors (Lipinski definition) is 1. The number of phenolic OH excluding ortho intramolecular Hbond substituents is 1. The Balaban J connectivity index is 1.56. The predicted octanol–water partition coefficient (Wildman–Crippen LogP) is 5.73. The van der Waals surface area contributed by atoms with E-state index in [9.17, 15) is 5.11 Å². The van der Waals surface area contributed by atoms with E-state index in [4.69, 9.17) is 10.2 Å². The highest BCUT2D eigenvalue weighted by Crippen LogP contribution is 2.47. The standard InChI is InChI=1S/C28H31NO2/c30-24-11-15-27-23(20-24)10-14-26(21-6-2-1-3-7-21)28(27)22-8-12-25(13-9-22)31-19-18-29-16-4-5-17-29/h1-3,6-9,11-13,15,20,26,28,30H,4-5,10,14,16-19H2/t26-,28+/m1/s1/i8D,9D,12D,13D. The van der Waals surface area contributed by atoms with Crippen LogP contribution < -0.4 is 4.74 Å². The molecule has 2 aliphatic rings. The fourth-order valence-electron chi connectivity index (χ4n) is 5.04. The van der Waals surface area contributed by atoms with Crippen molar-refractivity contribution in [3.8, 4) is 11.5 Å². The maximum Gasteiger partial charge on any atom is 0.119 e. The van der Waals surface area contributed by atoms with E-state index in [1.165, 1.54) is 12.8 Å². The Morgan fingerprint density at radius 3 is 2.52 bits per heavy atom. The SMILES string of the molecule is [2H]c1c([2H])c([C@@H]2c3ccc(O)cc3CC[C@@H]2c2ccccc2)c([2H])c([2H])c1OCCN1CCCC1. The molecule has 3 heteroatoms. The van der Waals surface area contributed by atoms with E-state index in [0.717, 1.165) is 49.2 Å². The lowest BCUT2D eigenvalue weighted by Crippen LogP contribution is -2.25. The minimum absolute atomic E-state index is 0.00202. The Bertz CT molecular complexity index is 1180. The molecule has 1 aliphatic carbocycles. The van der Waals surface area contributed by atoms with E-state index >= 15 is 0 Å². The Labute approximate surface area is 190 Å². The summed E-state index contributed by atoms with van der Waals surface area (Å²) in [4.78, 5) is 2.30. The number of aryl methyl sites for hydroxylation is 1. The third-order valence-electron chi connectivity index (χ3n) is 6.60. The van der Waals surface area contributed by atoms with Gasteiger partial charge in [-0.3, -0.25) is 4.90 Å². The molecule has 3 nitrogen and oxygen atoms in total. The smallest absolute Gasteiger partial charge is 0.119 e. The average Bonchev–Trinajstić information content (AvgIpc) is 3.39. The molecule has 0 bridgehead atoms. The van der Waals surface area contributed by atoms with Crippen LogP contribution in [0.2, 0.25) is 0 Å². The normalized spacial score (nSPS) is 22.8. The lowest BCUT2D eigenvalue weighted by Gasteiger charge is -2.35. The van der Waals surface area contributed by atoms with Gasteiger partial charge in [-0.1, -0.05) is 48.5 Å². The number of likely N-dealkylation sites (tertiary alicyclic amines) is 1. The fraction of sp³-hybridized carbons (Fsp3) is 0.357. The number of phenols is 1. The van der Waals surface area contributed by atoms with Gasteiger partial charge in [0.25, 0.3) is 0 Å². The minimum atomic E-state index is -0.353. The van der Waals surface area contributed by atoms with Crippen LogP contribution >= 0.6 is 0 Å². The molecule has 5 rings (SSSR count). The van der Waals surface area contributed by atoms with Crippen molar-refractivity contribution in [2.75, 3.05) is 26.2 Å². The zero-order valence-electron chi connectivity index (χ0n) is 21.7. The Hall–Kier alpha value is -2.78. The Morgan fingerprint density at radius 2 is 1.74 bits per heavy atom. The minimum Gasteiger partial charge on any atom is -0.508 e. The third-order valence-corrected chi connectivity index (χ3v) is 6.60. The van der Waals surface area contributed by atoms with Crippen LogP contribution in [-0.4, -0.2) is 36.2 Å². The van der Waals surface area contributed by atoms with Gasteiger partial charge in [0.1, 0.15) is 18.1 Å². The highest BCUT2D eigenvalue weighted by Gasteiger charge is 2.32. The second kappa shape index (κ2) is 9.15. The van der Waals surface area contributed by atoms with Crippen LogP contribution in [0.15, 0.2) is 72.7 Å². The molecule has 1 heterocycles. The monoisotopic (exact) mass is 417 g/mol. The molecule has 3 aromatic carbocycles. The Morgan fingerprint density at radius 1 is 0.968 bits per heavy atom. The van der Waals surface area contributed by atoms with Gasteiger partial charge in [-0.05, 0) is 91.2 Å². The zero-order chi connectivity index (χ0) is 24.5. The van der Waals surface area contributed by atoms with Gasteiger partial charge in [0, 0.05) is 12.5 Å². The molecule has 3 aromatic rings. The molecule has 0 radical (unpaired) electrons. The van der Waals surface area contributed by atoms with Crippen LogP contribution in [0.25, 0.3) is 0 Å². The number of ether oxygens (including phenoxy) is 1. The molecule has 0 spiro atoms. The molecule has 160 valence electrons. The first-order chi connectivity index (χ1) is 17.0. The van der Waals surface area contributed by atoms with E-state index in [-0.39, 0.29) is 47.5 Å². The van der Waals surface area contributed by atoms with Crippen molar-refractivity contribution in [2.24, 2.45) is 0 Å². The first-order valence-corrected chi connectivity index (χ1v) is 11.3. The number of rotatable bonds is 6. The summed E-state index contributed by atoms with van der Waals surface area (Å²) in [6.07, 6.45) is 3.93. The lowest BCUT2D eigenvalue weighted by atomic mass is 9.69. The van der Waals surface area contributed by atoms with Gasteiger partial charge in [-0.15, -0.1) is 0 Å². The van der Waals surface area contributed by atoms with E-state index in [1.54, 1.807) is 12.1 Å². The van der Waals surface area contributed by atoms with Crippen molar-refractivity contribution in [3.63, 3.8) is 0 Å². The zero-order valence-corrected chi connectivity index (χ0v) is 17.7. The van der Waals surface area contributed by atoms with Crippen LogP contribution in [0, 0.1) is 0 Å². The van der Waals surface area contributed by atoms with Gasteiger partial charge in [0.2, 0.25) is 0 Å². The summed E-state index contributed by atoms with van der Waals surface area (Å²) >= 11 is 0. The van der Waals surface area contributed by atoms with Crippen molar-refractivity contribution in [1.82, 2.24) is 4.90 Å². The maximum atomic E-state index is 10.1. The largest absolute Gasteiger partial charge is 0.508 e. The summed E-state index contributed by atoms with van der Waals surface area (Å²) in [7, 11) is 0. The molecule has 1 aliphatic heterocycles. The highest BCUT2D eigenvalue weighted by atomic mass is 16.5. The molecule has 0 aromatic heterocycles. The molecule has 1 N–H and O–H groups in total. The van der Waals surface area contributed by atoms with Crippen LogP contribution in [-0.2, 0) is 6.42 Å². The van der Waals surface area contributed by atoms with Gasteiger partial charge in [0.05, 0.1) is 5.48 Å². The first kappa shape index (κ1) is 15.9. The summed E-state index contributed by atoms with van der Waals surface area (Å²) in [6, 6.07) is 15.0. The van der Waals surface area contributed by atoms with Crippen LogP contribution in [0.3, 0.4) is 0 Å². The van der Waals surface area contributed by atoms with E-state index in [0.29, 0.717) is 12.2 Å². The Kier molecular flexibility index (Phi) is 4.71. The highest BCUT2D eigenvalue weighted by molar-refractivity contribution is 5.48. The summed E-state index contributed by atoms with van der Waals surface area (Å²) in [5, 5.41) is 10.1. The number of aromatic hydroxyl groups is 1. The number of hydrogen-bond acceptors (Lipinski definition) is 3. The second-order valence-electron chi connectivity index (χ2n) is 8.56. The molecular weight excluding hydrogens is 382 g/mol. The summed E-state index contributed by atoms with van der Waals surface area (Å²) in [6.45, 7) is 3.13. The van der Waals surface area contributed by atoms with Gasteiger partial charge >= 0.3 is 0 Å². The molecule has 0 unspecified atom stereocenters. The van der Waals surface area contributed by atoms with E-state index in [1.807, 2.05) is 24.3 Å². The van der Waals surface area contributed by atoms with Crippen molar-refractivity contribution >= 4 is 0 Å². The number of benzene rings is 3. The molecule has 1 saturated heterocycles. The number of fused-ring (bicyclic) bond motifs is 1. The summed E-state index contributed by atoms with van der Waals surface area (Å²) in [5.41, 5.74) is 3.45. The number of nitrogens with zero attached hydrogens (tertiary/aromatic N) is 1. The average molecular weight is 418 g/mol. The fourth-order valence-corrected chi connectivity index (χ4v) is 5.04. The van der Waals surface area contributed by atoms with E-state index < -0.39 is 0 Å². The summed E-state index contributed by atoms with van der Waals surface area (Å²) < 4.78 is 41.1. The molecule has 1 fully saturated rings.